The molecule has 6 amide bonds. The van der Waals surface area contributed by atoms with E-state index in [9.17, 15) is 43.5 Å². The number of anilines is 1. The van der Waals surface area contributed by atoms with Gasteiger partial charge >= 0.3 is 11.9 Å². The first-order chi connectivity index (χ1) is 32.8. The third kappa shape index (κ3) is 16.7. The van der Waals surface area contributed by atoms with Crippen LogP contribution in [0.25, 0.3) is 11.1 Å². The Hall–Kier alpha value is -8.14. The Morgan fingerprint density at radius 2 is 0.941 bits per heavy atom. The van der Waals surface area contributed by atoms with Gasteiger partial charge in [0, 0.05) is 31.4 Å². The molecule has 0 aliphatic rings. The van der Waals surface area contributed by atoms with Crippen LogP contribution in [0.4, 0.5) is 5.69 Å². The van der Waals surface area contributed by atoms with Gasteiger partial charge < -0.3 is 41.7 Å². The molecule has 354 valence electrons. The van der Waals surface area contributed by atoms with Crippen molar-refractivity contribution in [2.45, 2.75) is 82.1 Å². The number of ether oxygens (including phenoxy) is 1. The molecule has 0 unspecified atom stereocenters. The van der Waals surface area contributed by atoms with Gasteiger partial charge in [-0.05, 0) is 59.7 Å². The van der Waals surface area contributed by atoms with Crippen molar-refractivity contribution in [1.82, 2.24) is 26.6 Å². The summed E-state index contributed by atoms with van der Waals surface area (Å²) in [5, 5.41) is 25.2. The number of carboxylic acids is 1. The standard InChI is InChI=1S/C52H56N6O10/c1-34(48(63)58-44(33-47(61)62)52(67)68-2)53-50(65)42(31-36-17-9-4-10-18-36)57-51(66)43(32-37-23-26-39(27-24-37)38-19-11-5-12-20-38)56-49(64)41(28-25-35-15-7-3-8-16-35)55-46(60)30-29-45(59)54-40-21-13-6-14-22-40/h3-24,26-27,34,41-44H,25,28-33H2,1-2H3,(H,53,65)(H,54,59)(H,55,60)(H,56,64)(H,57,66)(H,58,63)(H,61,62)/t34-,41+,42+,43-,44+/m0/s1. The van der Waals surface area contributed by atoms with E-state index < -0.39 is 78.1 Å². The molecule has 68 heavy (non-hydrogen) atoms. The van der Waals surface area contributed by atoms with Crippen LogP contribution in [0.15, 0.2) is 146 Å². The summed E-state index contributed by atoms with van der Waals surface area (Å²) in [7, 11) is 1.04. The summed E-state index contributed by atoms with van der Waals surface area (Å²) < 4.78 is 4.63. The number of nitrogens with one attached hydrogen (secondary N) is 6. The van der Waals surface area contributed by atoms with Gasteiger partial charge in [0.25, 0.3) is 0 Å². The number of aliphatic carboxylic acids is 1. The smallest absolute Gasteiger partial charge is 0.328 e. The Labute approximate surface area is 394 Å². The lowest BCUT2D eigenvalue weighted by molar-refractivity contribution is -0.149. The summed E-state index contributed by atoms with van der Waals surface area (Å²) in [6.07, 6.45) is -0.707. The van der Waals surface area contributed by atoms with Crippen LogP contribution < -0.4 is 31.9 Å². The summed E-state index contributed by atoms with van der Waals surface area (Å²) >= 11 is 0. The van der Waals surface area contributed by atoms with E-state index in [0.717, 1.165) is 23.8 Å². The summed E-state index contributed by atoms with van der Waals surface area (Å²) in [6.45, 7) is 1.32. The maximum Gasteiger partial charge on any atom is 0.328 e. The molecule has 0 radical (unpaired) electrons. The second-order valence-electron chi connectivity index (χ2n) is 16.1. The van der Waals surface area contributed by atoms with Crippen molar-refractivity contribution in [3.8, 4) is 11.1 Å². The highest BCUT2D eigenvalue weighted by Crippen LogP contribution is 2.20. The molecular formula is C52H56N6O10. The van der Waals surface area contributed by atoms with Crippen LogP contribution >= 0.6 is 0 Å². The summed E-state index contributed by atoms with van der Waals surface area (Å²) in [5.41, 5.74) is 4.67. The number of rotatable bonds is 24. The molecule has 0 saturated heterocycles. The number of carboxylic acid groups (broad SMARTS) is 1. The van der Waals surface area contributed by atoms with Crippen molar-refractivity contribution < 1.29 is 48.2 Å². The minimum absolute atomic E-state index is 0.0391. The number of benzene rings is 5. The normalized spacial score (nSPS) is 12.9. The van der Waals surface area contributed by atoms with Crippen LogP contribution in [0.2, 0.25) is 0 Å². The summed E-state index contributed by atoms with van der Waals surface area (Å²) in [4.78, 5) is 106. The molecule has 0 spiro atoms. The van der Waals surface area contributed by atoms with E-state index in [4.69, 9.17) is 0 Å². The van der Waals surface area contributed by atoms with E-state index in [-0.39, 0.29) is 38.0 Å². The average molecular weight is 925 g/mol. The van der Waals surface area contributed by atoms with Gasteiger partial charge in [-0.25, -0.2) is 4.79 Å². The maximum atomic E-state index is 14.6. The molecule has 7 N–H and O–H groups in total. The van der Waals surface area contributed by atoms with Crippen LogP contribution in [-0.4, -0.2) is 89.8 Å². The minimum Gasteiger partial charge on any atom is -0.481 e. The Kier molecular flexibility index (Phi) is 19.5. The van der Waals surface area contributed by atoms with Crippen LogP contribution in [0.3, 0.4) is 0 Å². The number of amides is 6. The molecule has 0 saturated carbocycles. The molecule has 5 atom stereocenters. The number of carbonyl (C=O) groups is 8. The molecule has 5 aromatic rings. The Morgan fingerprint density at radius 3 is 1.50 bits per heavy atom. The molecule has 0 heterocycles. The van der Waals surface area contributed by atoms with E-state index in [1.54, 1.807) is 54.6 Å². The fourth-order valence-corrected chi connectivity index (χ4v) is 7.16. The quantitative estimate of drug-likeness (QED) is 0.0434. The fraction of sp³-hybridized carbons (Fsp3) is 0.269. The highest BCUT2D eigenvalue weighted by atomic mass is 16.5. The maximum absolute atomic E-state index is 14.6. The molecule has 16 nitrogen and oxygen atoms in total. The average Bonchev–Trinajstić information content (AvgIpc) is 3.34. The Balaban J connectivity index is 1.39. The number of carbonyl (C=O) groups excluding carboxylic acids is 7. The number of para-hydroxylation sites is 1. The zero-order valence-corrected chi connectivity index (χ0v) is 37.8. The highest BCUT2D eigenvalue weighted by molar-refractivity contribution is 5.97. The van der Waals surface area contributed by atoms with Gasteiger partial charge in [-0.1, -0.05) is 133 Å². The number of hydrogen-bond donors (Lipinski definition) is 7. The number of methoxy groups -OCH3 is 1. The highest BCUT2D eigenvalue weighted by Gasteiger charge is 2.32. The van der Waals surface area contributed by atoms with Gasteiger partial charge in [0.05, 0.1) is 13.5 Å². The van der Waals surface area contributed by atoms with Gasteiger partial charge in [-0.3, -0.25) is 33.6 Å². The molecular weight excluding hydrogens is 869 g/mol. The van der Waals surface area contributed by atoms with Crippen molar-refractivity contribution in [3.63, 3.8) is 0 Å². The largest absolute Gasteiger partial charge is 0.481 e. The molecule has 0 bridgehead atoms. The molecule has 16 heteroatoms. The summed E-state index contributed by atoms with van der Waals surface area (Å²) in [6, 6.07) is 37.4. The number of hydrogen-bond acceptors (Lipinski definition) is 9. The fourth-order valence-electron chi connectivity index (χ4n) is 7.16. The topological polar surface area (TPSA) is 238 Å². The zero-order chi connectivity index (χ0) is 48.8. The Morgan fingerprint density at radius 1 is 0.485 bits per heavy atom. The Bertz CT molecular complexity index is 2470. The van der Waals surface area contributed by atoms with Crippen LogP contribution in [0, 0.1) is 0 Å². The zero-order valence-electron chi connectivity index (χ0n) is 37.8. The van der Waals surface area contributed by atoms with Crippen LogP contribution in [0.5, 0.6) is 0 Å². The van der Waals surface area contributed by atoms with Crippen molar-refractivity contribution in [2.75, 3.05) is 12.4 Å². The second kappa shape index (κ2) is 26.1. The number of esters is 1. The third-order valence-corrected chi connectivity index (χ3v) is 10.8. The van der Waals surface area contributed by atoms with Gasteiger partial charge in [0.1, 0.15) is 30.2 Å². The van der Waals surface area contributed by atoms with Crippen molar-refractivity contribution in [3.05, 3.63) is 162 Å². The van der Waals surface area contributed by atoms with Gasteiger partial charge in [-0.15, -0.1) is 0 Å². The van der Waals surface area contributed by atoms with E-state index in [0.29, 0.717) is 23.2 Å². The SMILES string of the molecule is COC(=O)[C@@H](CC(=O)O)NC(=O)[C@H](C)NC(=O)[C@@H](Cc1ccccc1)NC(=O)[C@H](Cc1ccc(-c2ccccc2)cc1)NC(=O)[C@@H](CCc1ccccc1)NC(=O)CCC(=O)Nc1ccccc1. The minimum atomic E-state index is -1.53. The predicted octanol–water partition coefficient (Wildman–Crippen LogP) is 4.28. The molecule has 0 aromatic heterocycles. The molecule has 0 fully saturated rings. The van der Waals surface area contributed by atoms with Crippen LogP contribution in [0.1, 0.15) is 49.3 Å². The lowest BCUT2D eigenvalue weighted by atomic mass is 9.98. The first kappa shape index (κ1) is 50.9. The van der Waals surface area contributed by atoms with Crippen LogP contribution in [-0.2, 0) is 62.4 Å². The lowest BCUT2D eigenvalue weighted by Gasteiger charge is -2.26. The lowest BCUT2D eigenvalue weighted by Crippen LogP contribution is -2.59. The van der Waals surface area contributed by atoms with Crippen molar-refractivity contribution in [1.29, 1.82) is 0 Å². The number of aryl methyl sites for hydroxylation is 1. The van der Waals surface area contributed by atoms with E-state index in [2.05, 4.69) is 36.6 Å². The second-order valence-corrected chi connectivity index (χ2v) is 16.1. The van der Waals surface area contributed by atoms with E-state index in [1.807, 2.05) is 91.0 Å². The van der Waals surface area contributed by atoms with Crippen molar-refractivity contribution in [2.24, 2.45) is 0 Å². The van der Waals surface area contributed by atoms with Gasteiger partial charge in [-0.2, -0.15) is 0 Å². The van der Waals surface area contributed by atoms with Crippen molar-refractivity contribution >= 4 is 53.1 Å². The molecule has 5 aromatic carbocycles. The van der Waals surface area contributed by atoms with Gasteiger partial charge in [0.2, 0.25) is 35.4 Å². The first-order valence-electron chi connectivity index (χ1n) is 22.2. The third-order valence-electron chi connectivity index (χ3n) is 10.8. The first-order valence-corrected chi connectivity index (χ1v) is 22.2. The molecule has 5 rings (SSSR count). The summed E-state index contributed by atoms with van der Waals surface area (Å²) in [5.74, 6) is -6.42. The van der Waals surface area contributed by atoms with E-state index in [1.165, 1.54) is 6.92 Å². The predicted molar refractivity (Wildman–Crippen MR) is 254 cm³/mol. The monoisotopic (exact) mass is 924 g/mol. The molecule has 0 aliphatic carbocycles. The van der Waals surface area contributed by atoms with E-state index >= 15 is 0 Å². The molecule has 0 aliphatic heterocycles. The van der Waals surface area contributed by atoms with Gasteiger partial charge in [0.15, 0.2) is 0 Å².